The molecule has 1 unspecified atom stereocenters. The van der Waals surface area contributed by atoms with Crippen molar-refractivity contribution in [2.24, 2.45) is 5.41 Å². The molecule has 0 amide bonds. The van der Waals surface area contributed by atoms with Crippen molar-refractivity contribution < 1.29 is 0 Å². The highest BCUT2D eigenvalue weighted by Gasteiger charge is 2.25. The molecule has 0 aromatic rings. The molecule has 0 aromatic heterocycles. The lowest BCUT2D eigenvalue weighted by atomic mass is 9.95. The van der Waals surface area contributed by atoms with Crippen LogP contribution < -0.4 is 0 Å². The summed E-state index contributed by atoms with van der Waals surface area (Å²) in [7, 11) is 4.47. The Balaban J connectivity index is 2.36. The molecule has 0 aliphatic carbocycles. The highest BCUT2D eigenvalue weighted by molar-refractivity contribution is 4.82. The van der Waals surface area contributed by atoms with Gasteiger partial charge in [0.05, 0.1) is 0 Å². The first-order valence-corrected chi connectivity index (χ1v) is 5.27. The van der Waals surface area contributed by atoms with Crippen LogP contribution in [0.5, 0.6) is 0 Å². The minimum atomic E-state index is 0.426. The monoisotopic (exact) mass is 184 g/mol. The number of hydrogen-bond donors (Lipinski definition) is 0. The maximum absolute atomic E-state index is 2.52. The third-order valence-corrected chi connectivity index (χ3v) is 2.71. The molecule has 0 radical (unpaired) electrons. The van der Waals surface area contributed by atoms with Gasteiger partial charge in [0.1, 0.15) is 0 Å². The summed E-state index contributed by atoms with van der Waals surface area (Å²) < 4.78 is 0. The lowest BCUT2D eigenvalue weighted by Gasteiger charge is -2.31. The number of hydrogen-bond acceptors (Lipinski definition) is 2. The van der Waals surface area contributed by atoms with E-state index >= 15 is 0 Å². The third-order valence-electron chi connectivity index (χ3n) is 2.71. The lowest BCUT2D eigenvalue weighted by Crippen LogP contribution is -2.39. The number of likely N-dealkylation sites (tertiary alicyclic amines) is 1. The van der Waals surface area contributed by atoms with Gasteiger partial charge in [-0.15, -0.1) is 0 Å². The van der Waals surface area contributed by atoms with Crippen LogP contribution in [0.1, 0.15) is 27.2 Å². The minimum absolute atomic E-state index is 0.426. The van der Waals surface area contributed by atoms with Gasteiger partial charge in [-0.1, -0.05) is 20.8 Å². The SMILES string of the molecule is CN1CCC(N(C)CC(C)(C)C)C1. The molecule has 13 heavy (non-hydrogen) atoms. The van der Waals surface area contributed by atoms with Gasteiger partial charge in [0.25, 0.3) is 0 Å². The van der Waals surface area contributed by atoms with Crippen LogP contribution in [0.15, 0.2) is 0 Å². The molecule has 1 aliphatic rings. The second-order valence-electron chi connectivity index (χ2n) is 5.68. The highest BCUT2D eigenvalue weighted by Crippen LogP contribution is 2.19. The van der Waals surface area contributed by atoms with Crippen LogP contribution in [0, 0.1) is 5.41 Å². The maximum Gasteiger partial charge on any atom is 0.0232 e. The van der Waals surface area contributed by atoms with Gasteiger partial charge >= 0.3 is 0 Å². The summed E-state index contributed by atoms with van der Waals surface area (Å²) in [5, 5.41) is 0. The predicted molar refractivity (Wildman–Crippen MR) is 58.0 cm³/mol. The lowest BCUT2D eigenvalue weighted by molar-refractivity contribution is 0.174. The molecule has 0 saturated carbocycles. The Hall–Kier alpha value is -0.0800. The van der Waals surface area contributed by atoms with E-state index in [2.05, 4.69) is 44.7 Å². The molecule has 2 nitrogen and oxygen atoms in total. The summed E-state index contributed by atoms with van der Waals surface area (Å²) in [6.07, 6.45) is 1.34. The molecule has 2 heteroatoms. The van der Waals surface area contributed by atoms with Crippen LogP contribution in [0.4, 0.5) is 0 Å². The van der Waals surface area contributed by atoms with Gasteiger partial charge in [0.15, 0.2) is 0 Å². The summed E-state index contributed by atoms with van der Waals surface area (Å²) in [4.78, 5) is 4.94. The number of rotatable bonds is 2. The van der Waals surface area contributed by atoms with E-state index in [9.17, 15) is 0 Å². The fraction of sp³-hybridized carbons (Fsp3) is 1.00. The highest BCUT2D eigenvalue weighted by atomic mass is 15.2. The zero-order chi connectivity index (χ0) is 10.1. The fourth-order valence-corrected chi connectivity index (χ4v) is 2.15. The second kappa shape index (κ2) is 3.97. The first-order valence-electron chi connectivity index (χ1n) is 5.27. The van der Waals surface area contributed by atoms with E-state index in [1.165, 1.54) is 26.1 Å². The molecule has 1 rings (SSSR count). The van der Waals surface area contributed by atoms with Crippen molar-refractivity contribution in [1.82, 2.24) is 9.80 Å². The quantitative estimate of drug-likeness (QED) is 0.644. The third kappa shape index (κ3) is 3.65. The van der Waals surface area contributed by atoms with Crippen LogP contribution in [-0.4, -0.2) is 49.6 Å². The van der Waals surface area contributed by atoms with Gasteiger partial charge in [0.2, 0.25) is 0 Å². The maximum atomic E-state index is 2.52. The van der Waals surface area contributed by atoms with Crippen molar-refractivity contribution in [2.75, 3.05) is 33.7 Å². The topological polar surface area (TPSA) is 6.48 Å². The van der Waals surface area contributed by atoms with Gasteiger partial charge in [0, 0.05) is 19.1 Å². The van der Waals surface area contributed by atoms with E-state index in [4.69, 9.17) is 0 Å². The largest absolute Gasteiger partial charge is 0.305 e. The van der Waals surface area contributed by atoms with Crippen molar-refractivity contribution in [3.05, 3.63) is 0 Å². The number of nitrogens with zero attached hydrogens (tertiary/aromatic N) is 2. The molecule has 0 spiro atoms. The van der Waals surface area contributed by atoms with Crippen molar-refractivity contribution >= 4 is 0 Å². The van der Waals surface area contributed by atoms with E-state index in [1.807, 2.05) is 0 Å². The minimum Gasteiger partial charge on any atom is -0.305 e. The van der Waals surface area contributed by atoms with Crippen molar-refractivity contribution in [1.29, 1.82) is 0 Å². The van der Waals surface area contributed by atoms with Gasteiger partial charge in [-0.2, -0.15) is 0 Å². The molecule has 1 aliphatic heterocycles. The van der Waals surface area contributed by atoms with E-state index in [0.29, 0.717) is 5.41 Å². The smallest absolute Gasteiger partial charge is 0.0232 e. The Morgan fingerprint density at radius 2 is 2.00 bits per heavy atom. The fourth-order valence-electron chi connectivity index (χ4n) is 2.15. The van der Waals surface area contributed by atoms with E-state index in [0.717, 1.165) is 6.04 Å². The summed E-state index contributed by atoms with van der Waals surface area (Å²) in [6.45, 7) is 10.6. The zero-order valence-electron chi connectivity index (χ0n) is 9.80. The molecule has 1 atom stereocenters. The van der Waals surface area contributed by atoms with Crippen LogP contribution in [0.3, 0.4) is 0 Å². The Morgan fingerprint density at radius 3 is 2.38 bits per heavy atom. The summed E-state index contributed by atoms with van der Waals surface area (Å²) in [5.74, 6) is 0. The Labute approximate surface area is 82.9 Å². The van der Waals surface area contributed by atoms with E-state index in [1.54, 1.807) is 0 Å². The first kappa shape index (κ1) is 11.0. The van der Waals surface area contributed by atoms with Crippen molar-refractivity contribution in [2.45, 2.75) is 33.2 Å². The van der Waals surface area contributed by atoms with Crippen LogP contribution in [0.25, 0.3) is 0 Å². The van der Waals surface area contributed by atoms with E-state index in [-0.39, 0.29) is 0 Å². The van der Waals surface area contributed by atoms with Gasteiger partial charge in [-0.05, 0) is 32.5 Å². The van der Waals surface area contributed by atoms with Gasteiger partial charge < -0.3 is 9.80 Å². The molecule has 0 aromatic carbocycles. The van der Waals surface area contributed by atoms with E-state index < -0.39 is 0 Å². The van der Waals surface area contributed by atoms with Crippen molar-refractivity contribution in [3.63, 3.8) is 0 Å². The molecular formula is C11H24N2. The van der Waals surface area contributed by atoms with Crippen LogP contribution >= 0.6 is 0 Å². The average Bonchev–Trinajstić information content (AvgIpc) is 2.31. The van der Waals surface area contributed by atoms with Gasteiger partial charge in [-0.25, -0.2) is 0 Å². The average molecular weight is 184 g/mol. The molecular weight excluding hydrogens is 160 g/mol. The number of likely N-dealkylation sites (N-methyl/N-ethyl adjacent to an activating group) is 2. The molecule has 1 saturated heterocycles. The second-order valence-corrected chi connectivity index (χ2v) is 5.68. The van der Waals surface area contributed by atoms with Crippen LogP contribution in [0.2, 0.25) is 0 Å². The zero-order valence-corrected chi connectivity index (χ0v) is 9.80. The summed E-state index contributed by atoms with van der Waals surface area (Å²) >= 11 is 0. The first-order chi connectivity index (χ1) is 5.88. The molecule has 0 N–H and O–H groups in total. The van der Waals surface area contributed by atoms with Crippen LogP contribution in [-0.2, 0) is 0 Å². The Bertz CT molecular complexity index is 160. The Morgan fingerprint density at radius 1 is 1.38 bits per heavy atom. The Kier molecular flexibility index (Phi) is 3.36. The van der Waals surface area contributed by atoms with Gasteiger partial charge in [-0.3, -0.25) is 0 Å². The molecule has 78 valence electrons. The summed E-state index contributed by atoms with van der Waals surface area (Å²) in [5.41, 5.74) is 0.426. The normalized spacial score (nSPS) is 25.8. The molecule has 0 bridgehead atoms. The molecule has 1 heterocycles. The molecule has 1 fully saturated rings. The standard InChI is InChI=1S/C11H24N2/c1-11(2,3)9-13(5)10-6-7-12(4)8-10/h10H,6-9H2,1-5H3. The summed E-state index contributed by atoms with van der Waals surface area (Å²) in [6, 6.07) is 0.782. The van der Waals surface area contributed by atoms with Crippen molar-refractivity contribution in [3.8, 4) is 0 Å². The predicted octanol–water partition coefficient (Wildman–Crippen LogP) is 1.67.